The van der Waals surface area contributed by atoms with Crippen LogP contribution in [0, 0.1) is 0 Å². The van der Waals surface area contributed by atoms with Gasteiger partial charge in [0.2, 0.25) is 0 Å². The first-order valence-electron chi connectivity index (χ1n) is 7.24. The standard InChI is InChI=1S/C15H26N2OS/c1-12(2)16-9-14-6-7-15(19-14)11-17(3)10-13-5-4-8-18-13/h6-7,12-13,16H,4-5,8-11H2,1-3H3. The summed E-state index contributed by atoms with van der Waals surface area (Å²) in [5.74, 6) is 0. The van der Waals surface area contributed by atoms with Crippen LogP contribution in [0.5, 0.6) is 0 Å². The molecular weight excluding hydrogens is 256 g/mol. The average molecular weight is 282 g/mol. The number of nitrogens with zero attached hydrogens (tertiary/aromatic N) is 1. The summed E-state index contributed by atoms with van der Waals surface area (Å²) < 4.78 is 5.68. The van der Waals surface area contributed by atoms with Crippen molar-refractivity contribution in [3.63, 3.8) is 0 Å². The van der Waals surface area contributed by atoms with E-state index in [0.717, 1.165) is 26.2 Å². The molecule has 3 nitrogen and oxygen atoms in total. The summed E-state index contributed by atoms with van der Waals surface area (Å²) in [6.45, 7) is 8.39. The Morgan fingerprint density at radius 1 is 1.42 bits per heavy atom. The van der Waals surface area contributed by atoms with Crippen molar-refractivity contribution in [1.29, 1.82) is 0 Å². The predicted octanol–water partition coefficient (Wildman–Crippen LogP) is 2.86. The van der Waals surface area contributed by atoms with Crippen LogP contribution < -0.4 is 5.32 Å². The fraction of sp³-hybridized carbons (Fsp3) is 0.733. The molecular formula is C15H26N2OS. The Hall–Kier alpha value is -0.420. The molecule has 0 aromatic carbocycles. The van der Waals surface area contributed by atoms with E-state index in [1.807, 2.05) is 11.3 Å². The normalized spacial score (nSPS) is 19.7. The van der Waals surface area contributed by atoms with Crippen LogP contribution >= 0.6 is 11.3 Å². The fourth-order valence-corrected chi connectivity index (χ4v) is 3.42. The second-order valence-corrected chi connectivity index (χ2v) is 6.99. The fourth-order valence-electron chi connectivity index (χ4n) is 2.37. The second-order valence-electron chi connectivity index (χ2n) is 5.74. The molecule has 4 heteroatoms. The minimum atomic E-state index is 0.451. The van der Waals surface area contributed by atoms with E-state index < -0.39 is 0 Å². The third-order valence-electron chi connectivity index (χ3n) is 3.37. The molecule has 19 heavy (non-hydrogen) atoms. The summed E-state index contributed by atoms with van der Waals surface area (Å²) in [7, 11) is 2.19. The van der Waals surface area contributed by atoms with Crippen molar-refractivity contribution >= 4 is 11.3 Å². The lowest BCUT2D eigenvalue weighted by molar-refractivity contribution is 0.0796. The van der Waals surface area contributed by atoms with Gasteiger partial charge in [0.1, 0.15) is 0 Å². The quantitative estimate of drug-likeness (QED) is 0.832. The van der Waals surface area contributed by atoms with Gasteiger partial charge >= 0.3 is 0 Å². The zero-order valence-electron chi connectivity index (χ0n) is 12.3. The number of hydrogen-bond acceptors (Lipinski definition) is 4. The summed E-state index contributed by atoms with van der Waals surface area (Å²) >= 11 is 1.92. The van der Waals surface area contributed by atoms with Crippen molar-refractivity contribution in [2.24, 2.45) is 0 Å². The second kappa shape index (κ2) is 7.39. The molecule has 0 amide bonds. The molecule has 1 aromatic heterocycles. The maximum atomic E-state index is 5.68. The van der Waals surface area contributed by atoms with Gasteiger partial charge in [0.25, 0.3) is 0 Å². The Labute approximate surface area is 121 Å². The van der Waals surface area contributed by atoms with Gasteiger partial charge in [0.05, 0.1) is 6.10 Å². The smallest absolute Gasteiger partial charge is 0.0702 e. The zero-order valence-corrected chi connectivity index (χ0v) is 13.1. The number of rotatable bonds is 7. The minimum Gasteiger partial charge on any atom is -0.377 e. The number of nitrogens with one attached hydrogen (secondary N) is 1. The van der Waals surface area contributed by atoms with Gasteiger partial charge in [-0.15, -0.1) is 11.3 Å². The lowest BCUT2D eigenvalue weighted by Gasteiger charge is -2.19. The highest BCUT2D eigenvalue weighted by Gasteiger charge is 2.17. The van der Waals surface area contributed by atoms with E-state index >= 15 is 0 Å². The van der Waals surface area contributed by atoms with Crippen LogP contribution in [-0.4, -0.2) is 37.2 Å². The first-order chi connectivity index (χ1) is 9.13. The molecule has 1 aliphatic heterocycles. The van der Waals surface area contributed by atoms with Gasteiger partial charge in [-0.2, -0.15) is 0 Å². The lowest BCUT2D eigenvalue weighted by Crippen LogP contribution is -2.28. The maximum Gasteiger partial charge on any atom is 0.0702 e. The molecule has 108 valence electrons. The largest absolute Gasteiger partial charge is 0.377 e. The summed E-state index contributed by atoms with van der Waals surface area (Å²) in [4.78, 5) is 5.25. The van der Waals surface area contributed by atoms with Crippen molar-refractivity contribution in [1.82, 2.24) is 10.2 Å². The Morgan fingerprint density at radius 2 is 2.21 bits per heavy atom. The van der Waals surface area contributed by atoms with E-state index in [9.17, 15) is 0 Å². The third-order valence-corrected chi connectivity index (χ3v) is 4.44. The van der Waals surface area contributed by atoms with Crippen LogP contribution in [0.25, 0.3) is 0 Å². The van der Waals surface area contributed by atoms with Crippen LogP contribution in [0.1, 0.15) is 36.4 Å². The van der Waals surface area contributed by atoms with Crippen molar-refractivity contribution in [3.8, 4) is 0 Å². The third kappa shape index (κ3) is 5.22. The molecule has 2 rings (SSSR count). The number of ether oxygens (including phenoxy) is 1. The van der Waals surface area contributed by atoms with Gasteiger partial charge in [-0.3, -0.25) is 4.90 Å². The molecule has 0 aliphatic carbocycles. The zero-order chi connectivity index (χ0) is 13.7. The predicted molar refractivity (Wildman–Crippen MR) is 81.6 cm³/mol. The molecule has 1 N–H and O–H groups in total. The van der Waals surface area contributed by atoms with Crippen LogP contribution in [0.2, 0.25) is 0 Å². The lowest BCUT2D eigenvalue weighted by atomic mass is 10.2. The highest BCUT2D eigenvalue weighted by Crippen LogP contribution is 2.19. The summed E-state index contributed by atoms with van der Waals surface area (Å²) in [5, 5.41) is 3.46. The van der Waals surface area contributed by atoms with Gasteiger partial charge < -0.3 is 10.1 Å². The molecule has 0 spiro atoms. The Balaban J connectivity index is 1.75. The molecule has 1 saturated heterocycles. The monoisotopic (exact) mass is 282 g/mol. The van der Waals surface area contributed by atoms with Gasteiger partial charge in [0, 0.05) is 42.0 Å². The van der Waals surface area contributed by atoms with Crippen molar-refractivity contribution < 1.29 is 4.74 Å². The van der Waals surface area contributed by atoms with E-state index in [2.05, 4.69) is 43.2 Å². The van der Waals surface area contributed by atoms with Crippen LogP contribution in [0.3, 0.4) is 0 Å². The topological polar surface area (TPSA) is 24.5 Å². The number of likely N-dealkylation sites (N-methyl/N-ethyl adjacent to an activating group) is 1. The SMILES string of the molecule is CC(C)NCc1ccc(CN(C)CC2CCCO2)s1. The molecule has 0 saturated carbocycles. The molecule has 1 atom stereocenters. The van der Waals surface area contributed by atoms with E-state index in [1.54, 1.807) is 0 Å². The minimum absolute atomic E-state index is 0.451. The molecule has 1 aliphatic rings. The van der Waals surface area contributed by atoms with E-state index in [1.165, 1.54) is 22.6 Å². The van der Waals surface area contributed by atoms with E-state index in [0.29, 0.717) is 12.1 Å². The number of hydrogen-bond donors (Lipinski definition) is 1. The van der Waals surface area contributed by atoms with Gasteiger partial charge in [-0.1, -0.05) is 13.8 Å². The van der Waals surface area contributed by atoms with Gasteiger partial charge in [0.15, 0.2) is 0 Å². The molecule has 2 heterocycles. The average Bonchev–Trinajstić information content (AvgIpc) is 2.98. The number of thiophene rings is 1. The molecule has 1 unspecified atom stereocenters. The Kier molecular flexibility index (Phi) is 5.82. The van der Waals surface area contributed by atoms with Crippen LogP contribution in [0.4, 0.5) is 0 Å². The van der Waals surface area contributed by atoms with Crippen molar-refractivity contribution in [3.05, 3.63) is 21.9 Å². The summed E-state index contributed by atoms with van der Waals surface area (Å²) in [6.07, 6.45) is 2.90. The highest BCUT2D eigenvalue weighted by molar-refractivity contribution is 7.11. The van der Waals surface area contributed by atoms with E-state index in [4.69, 9.17) is 4.74 Å². The van der Waals surface area contributed by atoms with E-state index in [-0.39, 0.29) is 0 Å². The Morgan fingerprint density at radius 3 is 2.89 bits per heavy atom. The van der Waals surface area contributed by atoms with Gasteiger partial charge in [-0.25, -0.2) is 0 Å². The Bertz CT molecular complexity index is 372. The molecule has 1 fully saturated rings. The van der Waals surface area contributed by atoms with Crippen LogP contribution in [0.15, 0.2) is 12.1 Å². The molecule has 0 radical (unpaired) electrons. The summed E-state index contributed by atoms with van der Waals surface area (Å²) in [6, 6.07) is 5.05. The highest BCUT2D eigenvalue weighted by atomic mass is 32.1. The first kappa shape index (κ1) is 15.0. The maximum absolute atomic E-state index is 5.68. The van der Waals surface area contributed by atoms with Crippen molar-refractivity contribution in [2.75, 3.05) is 20.2 Å². The van der Waals surface area contributed by atoms with Gasteiger partial charge in [-0.05, 0) is 32.0 Å². The molecule has 0 bridgehead atoms. The van der Waals surface area contributed by atoms with Crippen LogP contribution in [-0.2, 0) is 17.8 Å². The van der Waals surface area contributed by atoms with Crippen molar-refractivity contribution in [2.45, 2.75) is 51.9 Å². The summed E-state index contributed by atoms with van der Waals surface area (Å²) in [5.41, 5.74) is 0. The molecule has 1 aromatic rings. The first-order valence-corrected chi connectivity index (χ1v) is 8.06.